The second-order valence-corrected chi connectivity index (χ2v) is 9.19. The maximum absolute atomic E-state index is 15.3. The molecule has 0 nitrogen and oxygen atoms in total. The first-order valence-corrected chi connectivity index (χ1v) is 12.2. The zero-order valence-corrected chi connectivity index (χ0v) is 19.0. The predicted molar refractivity (Wildman–Crippen MR) is 131 cm³/mol. The van der Waals surface area contributed by atoms with Crippen LogP contribution >= 0.6 is 0 Å². The minimum atomic E-state index is -0.0914. The lowest BCUT2D eigenvalue weighted by atomic mass is 9.68. The van der Waals surface area contributed by atoms with Crippen molar-refractivity contribution >= 4 is 0 Å². The third-order valence-electron chi connectivity index (χ3n) is 7.31. The van der Waals surface area contributed by atoms with Gasteiger partial charge in [0.05, 0.1) is 0 Å². The second-order valence-electron chi connectivity index (χ2n) is 9.19. The van der Waals surface area contributed by atoms with Crippen molar-refractivity contribution < 1.29 is 4.39 Å². The highest BCUT2D eigenvalue weighted by Crippen LogP contribution is 2.44. The normalized spacial score (nSPS) is 19.8. The summed E-state index contributed by atoms with van der Waals surface area (Å²) in [7, 11) is 0. The Bertz CT molecular complexity index is 955. The summed E-state index contributed by atoms with van der Waals surface area (Å²) in [6.45, 7) is 4.57. The van der Waals surface area contributed by atoms with Crippen molar-refractivity contribution in [2.45, 2.75) is 64.7 Å². The summed E-state index contributed by atoms with van der Waals surface area (Å²) in [5.41, 5.74) is 5.18. The van der Waals surface area contributed by atoms with Crippen LogP contribution in [0.3, 0.4) is 0 Å². The van der Waals surface area contributed by atoms with Gasteiger partial charge >= 0.3 is 0 Å². The summed E-state index contributed by atoms with van der Waals surface area (Å²) < 4.78 is 15.3. The second kappa shape index (κ2) is 10.3. The van der Waals surface area contributed by atoms with Crippen LogP contribution in [-0.2, 0) is 0 Å². The van der Waals surface area contributed by atoms with Gasteiger partial charge in [-0.2, -0.15) is 0 Å². The molecule has 31 heavy (non-hydrogen) atoms. The van der Waals surface area contributed by atoms with Gasteiger partial charge in [-0.3, -0.25) is 0 Å². The molecule has 162 valence electrons. The van der Waals surface area contributed by atoms with E-state index < -0.39 is 0 Å². The Morgan fingerprint density at radius 1 is 0.806 bits per heavy atom. The molecule has 0 amide bonds. The molecular weight excluding hydrogens is 379 g/mol. The third-order valence-corrected chi connectivity index (χ3v) is 7.31. The van der Waals surface area contributed by atoms with Crippen molar-refractivity contribution in [2.75, 3.05) is 0 Å². The summed E-state index contributed by atoms with van der Waals surface area (Å²) in [4.78, 5) is 0. The van der Waals surface area contributed by atoms with E-state index in [1.807, 2.05) is 42.5 Å². The van der Waals surface area contributed by atoms with Gasteiger partial charge in [-0.1, -0.05) is 113 Å². The summed E-state index contributed by atoms with van der Waals surface area (Å²) in [5.74, 6) is 1.89. The first kappa shape index (κ1) is 21.8. The number of benzene rings is 3. The molecule has 3 atom stereocenters. The molecule has 3 aromatic rings. The number of hydrogen-bond donors (Lipinski definition) is 0. The molecule has 1 fully saturated rings. The van der Waals surface area contributed by atoms with E-state index in [-0.39, 0.29) is 5.82 Å². The lowest BCUT2D eigenvalue weighted by molar-refractivity contribution is 0.185. The highest BCUT2D eigenvalue weighted by molar-refractivity contribution is 5.70. The highest BCUT2D eigenvalue weighted by Gasteiger charge is 2.31. The van der Waals surface area contributed by atoms with E-state index in [2.05, 4.69) is 44.2 Å². The Morgan fingerprint density at radius 2 is 1.48 bits per heavy atom. The average Bonchev–Trinajstić information content (AvgIpc) is 2.82. The van der Waals surface area contributed by atoms with Crippen molar-refractivity contribution in [3.63, 3.8) is 0 Å². The molecule has 0 aromatic heterocycles. The molecule has 1 heteroatoms. The quantitative estimate of drug-likeness (QED) is 0.361. The largest absolute Gasteiger partial charge is 0.206 e. The van der Waals surface area contributed by atoms with Gasteiger partial charge in [-0.05, 0) is 58.9 Å². The molecule has 0 spiro atoms. The van der Waals surface area contributed by atoms with Gasteiger partial charge in [-0.25, -0.2) is 4.39 Å². The molecule has 0 bridgehead atoms. The van der Waals surface area contributed by atoms with Crippen LogP contribution in [0.4, 0.5) is 4.39 Å². The van der Waals surface area contributed by atoms with E-state index in [9.17, 15) is 0 Å². The van der Waals surface area contributed by atoms with Crippen molar-refractivity contribution in [1.29, 1.82) is 0 Å². The van der Waals surface area contributed by atoms with Crippen LogP contribution in [0.15, 0.2) is 72.8 Å². The van der Waals surface area contributed by atoms with Gasteiger partial charge < -0.3 is 0 Å². The molecule has 3 aromatic carbocycles. The fraction of sp³-hybridized carbons (Fsp3) is 0.400. The predicted octanol–water partition coefficient (Wildman–Crippen LogP) is 9.26. The van der Waals surface area contributed by atoms with Crippen LogP contribution in [0.5, 0.6) is 0 Å². The van der Waals surface area contributed by atoms with E-state index in [4.69, 9.17) is 0 Å². The van der Waals surface area contributed by atoms with Gasteiger partial charge in [0.2, 0.25) is 0 Å². The first-order valence-electron chi connectivity index (χ1n) is 12.2. The van der Waals surface area contributed by atoms with Gasteiger partial charge in [-0.15, -0.1) is 0 Å². The molecule has 0 aliphatic heterocycles. The third kappa shape index (κ3) is 4.92. The zero-order chi connectivity index (χ0) is 21.6. The van der Waals surface area contributed by atoms with Gasteiger partial charge in [0.15, 0.2) is 0 Å². The summed E-state index contributed by atoms with van der Waals surface area (Å²) in [5, 5.41) is 0. The van der Waals surface area contributed by atoms with Crippen LogP contribution < -0.4 is 0 Å². The summed E-state index contributed by atoms with van der Waals surface area (Å²) in [6.07, 6.45) is 9.01. The molecular formula is C30H35F. The first-order chi connectivity index (χ1) is 15.2. The Balaban J connectivity index is 1.57. The van der Waals surface area contributed by atoms with Crippen molar-refractivity contribution in [3.05, 3.63) is 84.2 Å². The standard InChI is InChI=1S/C30H35F/c1-3-10-24-13-8-9-14-28(24)27(4-2)26-19-20-29(30(31)21-26)25-17-15-23(16-18-25)22-11-6-5-7-12-22/h5-7,11-12,15-21,24,27-28H,3-4,8-10,13-14H2,1-2H3. The molecule has 0 saturated heterocycles. The van der Waals surface area contributed by atoms with Crippen LogP contribution in [0.2, 0.25) is 0 Å². The lowest BCUT2D eigenvalue weighted by Crippen LogP contribution is -2.25. The van der Waals surface area contributed by atoms with Crippen LogP contribution in [-0.4, -0.2) is 0 Å². The Labute approximate surface area is 187 Å². The molecule has 3 unspecified atom stereocenters. The van der Waals surface area contributed by atoms with E-state index in [0.717, 1.165) is 23.5 Å². The smallest absolute Gasteiger partial charge is 0.131 e. The van der Waals surface area contributed by atoms with Crippen LogP contribution in [0.1, 0.15) is 70.3 Å². The van der Waals surface area contributed by atoms with Gasteiger partial charge in [0.1, 0.15) is 5.82 Å². The van der Waals surface area contributed by atoms with Crippen molar-refractivity contribution in [3.8, 4) is 22.3 Å². The number of hydrogen-bond acceptors (Lipinski definition) is 0. The average molecular weight is 415 g/mol. The van der Waals surface area contributed by atoms with Crippen molar-refractivity contribution in [2.24, 2.45) is 11.8 Å². The van der Waals surface area contributed by atoms with E-state index in [1.54, 1.807) is 0 Å². The molecule has 1 saturated carbocycles. The Hall–Kier alpha value is -2.41. The summed E-state index contributed by atoms with van der Waals surface area (Å²) in [6, 6.07) is 24.6. The summed E-state index contributed by atoms with van der Waals surface area (Å²) >= 11 is 0. The van der Waals surface area contributed by atoms with E-state index in [0.29, 0.717) is 17.4 Å². The topological polar surface area (TPSA) is 0 Å². The zero-order valence-electron chi connectivity index (χ0n) is 19.0. The van der Waals surface area contributed by atoms with Gasteiger partial charge in [0.25, 0.3) is 0 Å². The van der Waals surface area contributed by atoms with E-state index in [1.165, 1.54) is 49.7 Å². The highest BCUT2D eigenvalue weighted by atomic mass is 19.1. The molecule has 1 aliphatic carbocycles. The van der Waals surface area contributed by atoms with E-state index >= 15 is 4.39 Å². The SMILES string of the molecule is CCCC1CCCCC1C(CC)c1ccc(-c2ccc(-c3ccccc3)cc2)c(F)c1. The number of rotatable bonds is 7. The molecule has 0 heterocycles. The Kier molecular flexibility index (Phi) is 7.22. The molecule has 0 radical (unpaired) electrons. The maximum atomic E-state index is 15.3. The van der Waals surface area contributed by atoms with Crippen LogP contribution in [0, 0.1) is 17.7 Å². The fourth-order valence-corrected chi connectivity index (χ4v) is 5.75. The van der Waals surface area contributed by atoms with Crippen LogP contribution in [0.25, 0.3) is 22.3 Å². The monoisotopic (exact) mass is 414 g/mol. The molecule has 4 rings (SSSR count). The minimum Gasteiger partial charge on any atom is -0.206 e. The number of halogens is 1. The minimum absolute atomic E-state index is 0.0914. The fourth-order valence-electron chi connectivity index (χ4n) is 5.75. The lowest BCUT2D eigenvalue weighted by Gasteiger charge is -2.37. The molecule has 0 N–H and O–H groups in total. The molecule has 1 aliphatic rings. The van der Waals surface area contributed by atoms with Crippen molar-refractivity contribution in [1.82, 2.24) is 0 Å². The Morgan fingerprint density at radius 3 is 2.16 bits per heavy atom. The maximum Gasteiger partial charge on any atom is 0.131 e. The van der Waals surface area contributed by atoms with Gasteiger partial charge in [0, 0.05) is 5.56 Å².